The molecule has 3 N–H and O–H groups in total. The molecule has 0 bridgehead atoms. The zero-order valence-electron chi connectivity index (χ0n) is 11.4. The molecule has 1 amide bonds. The Morgan fingerprint density at radius 3 is 2.76 bits per heavy atom. The smallest absolute Gasteiger partial charge is 0.262 e. The molecule has 5 nitrogen and oxygen atoms in total. The van der Waals surface area contributed by atoms with E-state index in [-0.39, 0.29) is 12.5 Å². The van der Waals surface area contributed by atoms with Gasteiger partial charge in [0.15, 0.2) is 6.61 Å². The van der Waals surface area contributed by atoms with Crippen LogP contribution in [0.2, 0.25) is 0 Å². The Morgan fingerprint density at radius 1 is 1.29 bits per heavy atom. The monoisotopic (exact) mass is 350 g/mol. The second-order valence-corrected chi connectivity index (χ2v) is 5.17. The standard InChI is InChI=1S/C15H15BrN2O3/c1-20-12-5-6-14(13(17)8-12)21-9-15(19)18-11-4-2-3-10(16)7-11/h2-8H,9,17H2,1H3,(H,18,19). The average Bonchev–Trinajstić information content (AvgIpc) is 2.46. The van der Waals surface area contributed by atoms with E-state index in [4.69, 9.17) is 15.2 Å². The Morgan fingerprint density at radius 2 is 2.10 bits per heavy atom. The number of ether oxygens (including phenoxy) is 2. The summed E-state index contributed by atoms with van der Waals surface area (Å²) in [7, 11) is 1.56. The first-order chi connectivity index (χ1) is 10.1. The summed E-state index contributed by atoms with van der Waals surface area (Å²) < 4.78 is 11.3. The summed E-state index contributed by atoms with van der Waals surface area (Å²) in [6.45, 7) is -0.122. The fourth-order valence-corrected chi connectivity index (χ4v) is 2.09. The molecule has 0 aliphatic carbocycles. The van der Waals surface area contributed by atoms with Gasteiger partial charge in [-0.05, 0) is 30.3 Å². The predicted molar refractivity (Wildman–Crippen MR) is 85.7 cm³/mol. The highest BCUT2D eigenvalue weighted by molar-refractivity contribution is 9.10. The molecule has 0 atom stereocenters. The lowest BCUT2D eigenvalue weighted by Crippen LogP contribution is -2.20. The highest BCUT2D eigenvalue weighted by Gasteiger charge is 2.07. The number of hydrogen-bond acceptors (Lipinski definition) is 4. The van der Waals surface area contributed by atoms with Crippen LogP contribution in [-0.4, -0.2) is 19.6 Å². The molecule has 0 heterocycles. The number of benzene rings is 2. The maximum atomic E-state index is 11.8. The first-order valence-electron chi connectivity index (χ1n) is 6.20. The van der Waals surface area contributed by atoms with Crippen molar-refractivity contribution in [2.75, 3.05) is 24.8 Å². The highest BCUT2D eigenvalue weighted by Crippen LogP contribution is 2.26. The van der Waals surface area contributed by atoms with Gasteiger partial charge in [-0.3, -0.25) is 4.79 Å². The maximum absolute atomic E-state index is 11.8. The van der Waals surface area contributed by atoms with Crippen LogP contribution in [0.15, 0.2) is 46.9 Å². The third-order valence-corrected chi connectivity index (χ3v) is 3.18. The van der Waals surface area contributed by atoms with Gasteiger partial charge in [-0.1, -0.05) is 22.0 Å². The maximum Gasteiger partial charge on any atom is 0.262 e. The quantitative estimate of drug-likeness (QED) is 0.812. The lowest BCUT2D eigenvalue weighted by Gasteiger charge is -2.10. The fraction of sp³-hybridized carbons (Fsp3) is 0.133. The van der Waals surface area contributed by atoms with Crippen molar-refractivity contribution in [3.63, 3.8) is 0 Å². The number of hydrogen-bond donors (Lipinski definition) is 2. The number of rotatable bonds is 5. The average molecular weight is 351 g/mol. The Balaban J connectivity index is 1.92. The van der Waals surface area contributed by atoms with Crippen LogP contribution in [0.4, 0.5) is 11.4 Å². The third kappa shape index (κ3) is 4.39. The van der Waals surface area contributed by atoms with E-state index in [0.717, 1.165) is 4.47 Å². The van der Waals surface area contributed by atoms with Gasteiger partial charge < -0.3 is 20.5 Å². The Bertz CT molecular complexity index is 647. The summed E-state index contributed by atoms with van der Waals surface area (Å²) in [5.41, 5.74) is 6.93. The summed E-state index contributed by atoms with van der Waals surface area (Å²) in [4.78, 5) is 11.8. The molecule has 0 radical (unpaired) electrons. The summed E-state index contributed by atoms with van der Waals surface area (Å²) >= 11 is 3.34. The van der Waals surface area contributed by atoms with Crippen molar-refractivity contribution in [3.8, 4) is 11.5 Å². The Labute approximate surface area is 131 Å². The summed E-state index contributed by atoms with van der Waals surface area (Å²) in [6.07, 6.45) is 0. The third-order valence-electron chi connectivity index (χ3n) is 2.68. The van der Waals surface area contributed by atoms with Crippen LogP contribution in [0.5, 0.6) is 11.5 Å². The zero-order valence-corrected chi connectivity index (χ0v) is 13.0. The lowest BCUT2D eigenvalue weighted by molar-refractivity contribution is -0.118. The predicted octanol–water partition coefficient (Wildman–Crippen LogP) is 3.06. The van der Waals surface area contributed by atoms with Crippen molar-refractivity contribution in [1.82, 2.24) is 0 Å². The Kier molecular flexibility index (Phi) is 5.05. The molecule has 2 rings (SSSR count). The van der Waals surface area contributed by atoms with Gasteiger partial charge in [0.2, 0.25) is 0 Å². The zero-order chi connectivity index (χ0) is 15.2. The molecule has 6 heteroatoms. The summed E-state index contributed by atoms with van der Waals surface area (Å²) in [6, 6.07) is 12.3. The summed E-state index contributed by atoms with van der Waals surface area (Å²) in [5, 5.41) is 2.74. The van der Waals surface area contributed by atoms with E-state index in [1.165, 1.54) is 0 Å². The number of carbonyl (C=O) groups is 1. The van der Waals surface area contributed by atoms with E-state index in [1.807, 2.05) is 12.1 Å². The van der Waals surface area contributed by atoms with Gasteiger partial charge in [0, 0.05) is 16.2 Å². The van der Waals surface area contributed by atoms with Crippen molar-refractivity contribution in [3.05, 3.63) is 46.9 Å². The minimum atomic E-state index is -0.261. The van der Waals surface area contributed by atoms with Crippen LogP contribution < -0.4 is 20.5 Å². The van der Waals surface area contributed by atoms with E-state index < -0.39 is 0 Å². The first kappa shape index (κ1) is 15.2. The van der Waals surface area contributed by atoms with Gasteiger partial charge in [-0.25, -0.2) is 0 Å². The van der Waals surface area contributed by atoms with Crippen molar-refractivity contribution in [2.24, 2.45) is 0 Å². The molecule has 0 saturated carbocycles. The lowest BCUT2D eigenvalue weighted by atomic mass is 10.3. The topological polar surface area (TPSA) is 73.6 Å². The SMILES string of the molecule is COc1ccc(OCC(=O)Nc2cccc(Br)c2)c(N)c1. The van der Waals surface area contributed by atoms with Gasteiger partial charge in [-0.2, -0.15) is 0 Å². The molecule has 21 heavy (non-hydrogen) atoms. The number of anilines is 2. The van der Waals surface area contributed by atoms with Crippen LogP contribution in [0, 0.1) is 0 Å². The largest absolute Gasteiger partial charge is 0.497 e. The van der Waals surface area contributed by atoms with E-state index in [2.05, 4.69) is 21.2 Å². The molecule has 0 aliphatic rings. The van der Waals surface area contributed by atoms with Crippen LogP contribution in [0.1, 0.15) is 0 Å². The number of nitrogen functional groups attached to an aromatic ring is 1. The minimum absolute atomic E-state index is 0.122. The second-order valence-electron chi connectivity index (χ2n) is 4.25. The molecule has 2 aromatic rings. The molecule has 2 aromatic carbocycles. The molecule has 0 saturated heterocycles. The van der Waals surface area contributed by atoms with Gasteiger partial charge in [0.1, 0.15) is 11.5 Å². The number of halogens is 1. The van der Waals surface area contributed by atoms with Gasteiger partial charge >= 0.3 is 0 Å². The molecule has 110 valence electrons. The van der Waals surface area contributed by atoms with Gasteiger partial charge in [0.25, 0.3) is 5.91 Å². The number of nitrogens with one attached hydrogen (secondary N) is 1. The normalized spacial score (nSPS) is 10.0. The van der Waals surface area contributed by atoms with E-state index in [0.29, 0.717) is 22.9 Å². The van der Waals surface area contributed by atoms with Crippen molar-refractivity contribution < 1.29 is 14.3 Å². The van der Waals surface area contributed by atoms with Gasteiger partial charge in [0.05, 0.1) is 12.8 Å². The summed E-state index contributed by atoms with van der Waals surface area (Å²) in [5.74, 6) is 0.821. The molecule has 0 unspecified atom stereocenters. The van der Waals surface area contributed by atoms with Gasteiger partial charge in [-0.15, -0.1) is 0 Å². The highest BCUT2D eigenvalue weighted by atomic mass is 79.9. The van der Waals surface area contributed by atoms with Crippen molar-refractivity contribution in [2.45, 2.75) is 0 Å². The van der Waals surface area contributed by atoms with Crippen LogP contribution in [0.25, 0.3) is 0 Å². The first-order valence-corrected chi connectivity index (χ1v) is 6.99. The molecule has 0 aromatic heterocycles. The number of methoxy groups -OCH3 is 1. The van der Waals surface area contributed by atoms with E-state index in [9.17, 15) is 4.79 Å². The fourth-order valence-electron chi connectivity index (χ4n) is 1.69. The second kappa shape index (κ2) is 6.99. The van der Waals surface area contributed by atoms with Crippen LogP contribution >= 0.6 is 15.9 Å². The van der Waals surface area contributed by atoms with Crippen LogP contribution in [0.3, 0.4) is 0 Å². The van der Waals surface area contributed by atoms with Crippen molar-refractivity contribution in [1.29, 1.82) is 0 Å². The molecular weight excluding hydrogens is 336 g/mol. The minimum Gasteiger partial charge on any atom is -0.497 e. The van der Waals surface area contributed by atoms with Crippen LogP contribution in [-0.2, 0) is 4.79 Å². The molecule has 0 fully saturated rings. The number of amides is 1. The number of nitrogens with two attached hydrogens (primary N) is 1. The van der Waals surface area contributed by atoms with E-state index in [1.54, 1.807) is 37.4 Å². The molecular formula is C15H15BrN2O3. The Hall–Kier alpha value is -2.21. The molecule has 0 aliphatic heterocycles. The number of carbonyl (C=O) groups excluding carboxylic acids is 1. The molecule has 0 spiro atoms. The van der Waals surface area contributed by atoms with Crippen molar-refractivity contribution >= 4 is 33.2 Å². The van der Waals surface area contributed by atoms with E-state index >= 15 is 0 Å².